The number of aromatic nitrogens is 2. The number of rotatable bonds is 9. The Balaban J connectivity index is 1.38. The zero-order valence-corrected chi connectivity index (χ0v) is 16.9. The number of ether oxygens (including phenoxy) is 1. The molecule has 11 heteroatoms. The lowest BCUT2D eigenvalue weighted by atomic mass is 10.1. The van der Waals surface area contributed by atoms with Gasteiger partial charge in [0.05, 0.1) is 6.54 Å². The second kappa shape index (κ2) is 8.71. The molecule has 4 rings (SSSR count). The second-order valence-electron chi connectivity index (χ2n) is 7.90. The van der Waals surface area contributed by atoms with E-state index in [-0.39, 0.29) is 30.8 Å². The molecule has 0 spiro atoms. The first kappa shape index (κ1) is 22.0. The fourth-order valence-corrected chi connectivity index (χ4v) is 3.33. The highest BCUT2D eigenvalue weighted by molar-refractivity contribution is 6.01. The summed E-state index contributed by atoms with van der Waals surface area (Å²) in [5.41, 5.74) is 1.67. The van der Waals surface area contributed by atoms with Crippen molar-refractivity contribution in [2.24, 2.45) is 5.92 Å². The highest BCUT2D eigenvalue weighted by Gasteiger charge is 2.41. The first-order chi connectivity index (χ1) is 15.2. The van der Waals surface area contributed by atoms with Crippen LogP contribution in [0.3, 0.4) is 0 Å². The third-order valence-corrected chi connectivity index (χ3v) is 5.25. The standard InChI is InChI=1S/C21H20F4N4O3/c22-20(23)21(24,25)11-32-17-4-3-13(8-27-17)9-29-10-15-14(19(29)31)5-6-26-18(15)28-16(30)7-12-1-2-12/h3-6,8,12,20H,1-2,7,9-11H2,(H,26,28,30). The molecule has 0 radical (unpaired) electrons. The Labute approximate surface area is 180 Å². The Morgan fingerprint density at radius 2 is 2.03 bits per heavy atom. The monoisotopic (exact) mass is 452 g/mol. The van der Waals surface area contributed by atoms with Crippen LogP contribution in [0.1, 0.15) is 40.7 Å². The summed E-state index contributed by atoms with van der Waals surface area (Å²) < 4.78 is 54.9. The van der Waals surface area contributed by atoms with Crippen molar-refractivity contribution in [2.75, 3.05) is 11.9 Å². The number of anilines is 1. The predicted octanol–water partition coefficient (Wildman–Crippen LogP) is 3.65. The molecule has 0 aromatic carbocycles. The average molecular weight is 452 g/mol. The van der Waals surface area contributed by atoms with Crippen molar-refractivity contribution in [3.63, 3.8) is 0 Å². The maximum Gasteiger partial charge on any atom is 0.340 e. The summed E-state index contributed by atoms with van der Waals surface area (Å²) in [6.45, 7) is -1.08. The van der Waals surface area contributed by atoms with E-state index in [1.165, 1.54) is 29.4 Å². The van der Waals surface area contributed by atoms with Crippen molar-refractivity contribution in [3.05, 3.63) is 47.3 Å². The van der Waals surface area contributed by atoms with Gasteiger partial charge in [-0.25, -0.2) is 18.7 Å². The quantitative estimate of drug-likeness (QED) is 0.588. The van der Waals surface area contributed by atoms with Crippen LogP contribution in [-0.4, -0.2) is 45.6 Å². The number of hydrogen-bond donors (Lipinski definition) is 1. The van der Waals surface area contributed by atoms with E-state index in [0.717, 1.165) is 12.8 Å². The molecule has 1 saturated carbocycles. The molecule has 1 aliphatic heterocycles. The largest absolute Gasteiger partial charge is 0.471 e. The minimum Gasteiger partial charge on any atom is -0.471 e. The normalized spacial score (nSPS) is 15.8. The lowest BCUT2D eigenvalue weighted by Gasteiger charge is -2.17. The number of hydrogen-bond acceptors (Lipinski definition) is 5. The Morgan fingerprint density at radius 3 is 2.69 bits per heavy atom. The number of pyridine rings is 2. The number of amides is 2. The molecule has 0 saturated heterocycles. The first-order valence-electron chi connectivity index (χ1n) is 10.0. The Hall–Kier alpha value is -3.24. The number of carbonyl (C=O) groups excluding carboxylic acids is 2. The molecule has 3 heterocycles. The highest BCUT2D eigenvalue weighted by Crippen LogP contribution is 2.33. The zero-order chi connectivity index (χ0) is 22.9. The van der Waals surface area contributed by atoms with Gasteiger partial charge in [-0.05, 0) is 30.4 Å². The summed E-state index contributed by atoms with van der Waals surface area (Å²) in [6, 6.07) is 4.37. The van der Waals surface area contributed by atoms with Crippen LogP contribution in [0.5, 0.6) is 5.88 Å². The minimum atomic E-state index is -4.27. The molecule has 2 aromatic heterocycles. The lowest BCUT2D eigenvalue weighted by Crippen LogP contribution is -2.33. The summed E-state index contributed by atoms with van der Waals surface area (Å²) in [5, 5.41) is 2.79. The van der Waals surface area contributed by atoms with Crippen LogP contribution < -0.4 is 10.1 Å². The van der Waals surface area contributed by atoms with E-state index in [0.29, 0.717) is 34.8 Å². The number of nitrogens with zero attached hydrogens (tertiary/aromatic N) is 3. The number of alkyl halides is 4. The van der Waals surface area contributed by atoms with Gasteiger partial charge in [-0.2, -0.15) is 8.78 Å². The van der Waals surface area contributed by atoms with Gasteiger partial charge in [-0.15, -0.1) is 0 Å². The Morgan fingerprint density at radius 1 is 1.25 bits per heavy atom. The van der Waals surface area contributed by atoms with Crippen molar-refractivity contribution >= 4 is 17.6 Å². The van der Waals surface area contributed by atoms with Gasteiger partial charge in [0.15, 0.2) is 6.61 Å². The molecule has 0 atom stereocenters. The molecule has 1 N–H and O–H groups in total. The Kier molecular flexibility index (Phi) is 5.98. The number of nitrogens with one attached hydrogen (secondary N) is 1. The van der Waals surface area contributed by atoms with Gasteiger partial charge in [0.2, 0.25) is 11.8 Å². The molecule has 1 aliphatic carbocycles. The van der Waals surface area contributed by atoms with Crippen molar-refractivity contribution in [2.45, 2.75) is 44.7 Å². The molecule has 7 nitrogen and oxygen atoms in total. The van der Waals surface area contributed by atoms with Gasteiger partial charge >= 0.3 is 12.3 Å². The van der Waals surface area contributed by atoms with E-state index >= 15 is 0 Å². The first-order valence-corrected chi connectivity index (χ1v) is 10.0. The summed E-state index contributed by atoms with van der Waals surface area (Å²) in [5.74, 6) is -4.08. The summed E-state index contributed by atoms with van der Waals surface area (Å²) in [4.78, 5) is 34.5. The third-order valence-electron chi connectivity index (χ3n) is 5.25. The minimum absolute atomic E-state index is 0.128. The van der Waals surface area contributed by atoms with Gasteiger partial charge in [0, 0.05) is 42.6 Å². The molecule has 170 valence electrons. The molecule has 1 fully saturated rings. The fourth-order valence-electron chi connectivity index (χ4n) is 3.33. The number of carbonyl (C=O) groups is 2. The lowest BCUT2D eigenvalue weighted by molar-refractivity contribution is -0.148. The van der Waals surface area contributed by atoms with Gasteiger partial charge < -0.3 is 15.0 Å². The van der Waals surface area contributed by atoms with Gasteiger partial charge in [0.1, 0.15) is 5.82 Å². The fraction of sp³-hybridized carbons (Fsp3) is 0.429. The number of halogens is 4. The molecule has 0 unspecified atom stereocenters. The number of fused-ring (bicyclic) bond motifs is 1. The van der Waals surface area contributed by atoms with Crippen LogP contribution in [0.4, 0.5) is 23.4 Å². The molecule has 0 bridgehead atoms. The summed E-state index contributed by atoms with van der Waals surface area (Å²) >= 11 is 0. The molecular formula is C21H20F4N4O3. The van der Waals surface area contributed by atoms with Gasteiger partial charge in [0.25, 0.3) is 5.91 Å². The molecule has 32 heavy (non-hydrogen) atoms. The third kappa shape index (κ3) is 4.97. The van der Waals surface area contributed by atoms with E-state index in [1.807, 2.05) is 0 Å². The van der Waals surface area contributed by atoms with Gasteiger partial charge in [-0.3, -0.25) is 9.59 Å². The average Bonchev–Trinajstić information content (AvgIpc) is 3.51. The molecular weight excluding hydrogens is 432 g/mol. The molecule has 2 aromatic rings. The van der Waals surface area contributed by atoms with E-state index < -0.39 is 19.0 Å². The van der Waals surface area contributed by atoms with Crippen LogP contribution >= 0.6 is 0 Å². The second-order valence-corrected chi connectivity index (χ2v) is 7.90. The molecule has 2 aliphatic rings. The smallest absolute Gasteiger partial charge is 0.340 e. The van der Waals surface area contributed by atoms with Gasteiger partial charge in [-0.1, -0.05) is 6.07 Å². The topological polar surface area (TPSA) is 84.4 Å². The predicted molar refractivity (Wildman–Crippen MR) is 104 cm³/mol. The maximum atomic E-state index is 13.0. The summed E-state index contributed by atoms with van der Waals surface area (Å²) in [7, 11) is 0. The SMILES string of the molecule is O=C(CC1CC1)Nc1nccc2c1CN(Cc1ccc(OCC(F)(F)C(F)F)nc1)C2=O. The zero-order valence-electron chi connectivity index (χ0n) is 16.9. The molecule has 2 amide bonds. The van der Waals surface area contributed by atoms with E-state index in [9.17, 15) is 27.2 Å². The van der Waals surface area contributed by atoms with Crippen LogP contribution in [-0.2, 0) is 17.9 Å². The van der Waals surface area contributed by atoms with Crippen molar-refractivity contribution in [1.82, 2.24) is 14.9 Å². The van der Waals surface area contributed by atoms with E-state index in [1.54, 1.807) is 6.07 Å². The van der Waals surface area contributed by atoms with Crippen molar-refractivity contribution < 1.29 is 31.9 Å². The summed E-state index contributed by atoms with van der Waals surface area (Å²) in [6.07, 6.45) is 1.49. The van der Waals surface area contributed by atoms with E-state index in [4.69, 9.17) is 0 Å². The van der Waals surface area contributed by atoms with Crippen LogP contribution in [0.25, 0.3) is 0 Å². The van der Waals surface area contributed by atoms with Crippen molar-refractivity contribution in [3.8, 4) is 5.88 Å². The maximum absolute atomic E-state index is 13.0. The van der Waals surface area contributed by atoms with Crippen molar-refractivity contribution in [1.29, 1.82) is 0 Å². The Bertz CT molecular complexity index is 1010. The van der Waals surface area contributed by atoms with Crippen LogP contribution in [0.15, 0.2) is 30.6 Å². The van der Waals surface area contributed by atoms with Crippen LogP contribution in [0.2, 0.25) is 0 Å². The van der Waals surface area contributed by atoms with Crippen LogP contribution in [0, 0.1) is 5.92 Å². The van der Waals surface area contributed by atoms with E-state index in [2.05, 4.69) is 20.0 Å². The highest BCUT2D eigenvalue weighted by atomic mass is 19.3.